The maximum absolute atomic E-state index is 12.5. The van der Waals surface area contributed by atoms with Crippen molar-refractivity contribution < 1.29 is 13.2 Å². The van der Waals surface area contributed by atoms with Crippen LogP contribution in [0.3, 0.4) is 0 Å². The lowest BCUT2D eigenvalue weighted by molar-refractivity contribution is 0.0924. The van der Waals surface area contributed by atoms with Crippen molar-refractivity contribution in [2.45, 2.75) is 11.3 Å². The third-order valence-corrected chi connectivity index (χ3v) is 6.61. The zero-order chi connectivity index (χ0) is 27.3. The van der Waals surface area contributed by atoms with E-state index < -0.39 is 10.0 Å². The van der Waals surface area contributed by atoms with Crippen molar-refractivity contribution >= 4 is 33.3 Å². The second-order valence-electron chi connectivity index (χ2n) is 8.33. The second-order valence-corrected chi connectivity index (χ2v) is 9.86. The average Bonchev–Trinajstić information content (AvgIpc) is 3.28. The van der Waals surface area contributed by atoms with Crippen molar-refractivity contribution in [1.82, 2.24) is 26.9 Å². The molecular formula is C24H28N10O3S. The normalized spacial score (nSPS) is 13.4. The summed E-state index contributed by atoms with van der Waals surface area (Å²) in [5.41, 5.74) is 19.6. The number of nitrogen functional groups attached to an aromatic ring is 1. The summed E-state index contributed by atoms with van der Waals surface area (Å²) in [5.74, 6) is 0.343. The molecule has 13 nitrogen and oxygen atoms in total. The van der Waals surface area contributed by atoms with Crippen molar-refractivity contribution in [3.63, 3.8) is 0 Å². The summed E-state index contributed by atoms with van der Waals surface area (Å²) in [7, 11) is -2.06. The number of nitrogens with two attached hydrogens (primary N) is 2. The van der Waals surface area contributed by atoms with E-state index in [-0.39, 0.29) is 16.6 Å². The second kappa shape index (κ2) is 11.4. The molecule has 9 N–H and O–H groups in total. The van der Waals surface area contributed by atoms with E-state index >= 15 is 0 Å². The van der Waals surface area contributed by atoms with Gasteiger partial charge in [-0.05, 0) is 35.9 Å². The zero-order valence-electron chi connectivity index (χ0n) is 20.5. The monoisotopic (exact) mass is 536 g/mol. The number of anilines is 1. The molecule has 14 heteroatoms. The Morgan fingerprint density at radius 1 is 1.05 bits per heavy atom. The Bertz CT molecular complexity index is 1470. The van der Waals surface area contributed by atoms with Gasteiger partial charge in [0.25, 0.3) is 5.91 Å². The maximum Gasteiger partial charge on any atom is 0.266 e. The minimum absolute atomic E-state index is 0.0171. The Balaban J connectivity index is 1.27. The number of hydrogen-bond donors (Lipinski definition) is 7. The summed E-state index contributed by atoms with van der Waals surface area (Å²) in [6, 6.07) is 20.1. The molecule has 0 fully saturated rings. The third-order valence-electron chi connectivity index (χ3n) is 5.64. The minimum Gasteiger partial charge on any atom is -0.384 e. The lowest BCUT2D eigenvalue weighted by atomic mass is 10.0. The van der Waals surface area contributed by atoms with Crippen molar-refractivity contribution in [2.24, 2.45) is 16.0 Å². The first-order chi connectivity index (χ1) is 18.1. The van der Waals surface area contributed by atoms with E-state index in [2.05, 4.69) is 27.0 Å². The molecule has 0 aliphatic carbocycles. The van der Waals surface area contributed by atoms with Gasteiger partial charge in [0.2, 0.25) is 10.0 Å². The molecule has 0 saturated carbocycles. The van der Waals surface area contributed by atoms with Crippen LogP contribution in [0.5, 0.6) is 0 Å². The molecule has 3 aromatic carbocycles. The standard InChI is InChI=1S/C24H28N10O3S/c1-33-22(30-34(32-33)19-6-4-5-18(15-19)23(25)26)13-14-28-31-29-24(35)17-11-9-16(10-12-17)20-7-2-3-8-21(20)38(27,36)37/h2-12,15,28,31-32H,13-14H2,1H3,(H3,25,26)(H,29,35)(H2,27,36,37). The van der Waals surface area contributed by atoms with Crippen LogP contribution >= 0.6 is 0 Å². The number of carbonyl (C=O) groups is 1. The number of carbonyl (C=O) groups excluding carboxylic acids is 1. The number of primary sulfonamides is 1. The predicted molar refractivity (Wildman–Crippen MR) is 145 cm³/mol. The largest absolute Gasteiger partial charge is 0.384 e. The number of amidine groups is 2. The van der Waals surface area contributed by atoms with E-state index in [0.29, 0.717) is 35.2 Å². The number of amides is 1. The average molecular weight is 537 g/mol. The van der Waals surface area contributed by atoms with Gasteiger partial charge in [-0.25, -0.2) is 19.0 Å². The van der Waals surface area contributed by atoms with Gasteiger partial charge in [-0.1, -0.05) is 42.5 Å². The Hall–Kier alpha value is -4.34. The first-order valence-corrected chi connectivity index (χ1v) is 13.0. The molecule has 0 atom stereocenters. The number of hydrazine groups is 4. The lowest BCUT2D eigenvalue weighted by Gasteiger charge is -2.18. The molecule has 198 valence electrons. The molecular weight excluding hydrogens is 508 g/mol. The topological polar surface area (TPSA) is 194 Å². The molecule has 0 bridgehead atoms. The Kier molecular flexibility index (Phi) is 7.99. The molecule has 1 aliphatic heterocycles. The first kappa shape index (κ1) is 26.7. The first-order valence-electron chi connectivity index (χ1n) is 11.5. The molecule has 38 heavy (non-hydrogen) atoms. The van der Waals surface area contributed by atoms with Crippen molar-refractivity contribution in [1.29, 1.82) is 5.41 Å². The summed E-state index contributed by atoms with van der Waals surface area (Å²) >= 11 is 0. The third kappa shape index (κ3) is 6.31. The van der Waals surface area contributed by atoms with Crippen LogP contribution < -0.4 is 37.9 Å². The highest BCUT2D eigenvalue weighted by atomic mass is 32.2. The van der Waals surface area contributed by atoms with E-state index in [0.717, 1.165) is 11.5 Å². The number of rotatable bonds is 10. The van der Waals surface area contributed by atoms with Crippen LogP contribution in [0.2, 0.25) is 0 Å². The fourth-order valence-corrected chi connectivity index (χ4v) is 4.47. The van der Waals surface area contributed by atoms with Gasteiger partial charge in [0, 0.05) is 36.7 Å². The zero-order valence-corrected chi connectivity index (χ0v) is 21.3. The maximum atomic E-state index is 12.5. The lowest BCUT2D eigenvalue weighted by Crippen LogP contribution is -2.47. The smallest absolute Gasteiger partial charge is 0.266 e. The molecule has 0 aromatic heterocycles. The minimum atomic E-state index is -3.89. The van der Waals surface area contributed by atoms with Gasteiger partial charge in [-0.3, -0.25) is 20.6 Å². The molecule has 0 saturated heterocycles. The van der Waals surface area contributed by atoms with E-state index in [4.69, 9.17) is 16.3 Å². The van der Waals surface area contributed by atoms with Gasteiger partial charge in [0.1, 0.15) is 11.7 Å². The highest BCUT2D eigenvalue weighted by molar-refractivity contribution is 7.89. The number of hydrogen-bond acceptors (Lipinski definition) is 10. The number of hydrazone groups is 1. The van der Waals surface area contributed by atoms with Crippen LogP contribution in [-0.4, -0.2) is 44.6 Å². The summed E-state index contributed by atoms with van der Waals surface area (Å²) in [5, 5.41) is 20.8. The predicted octanol–water partition coefficient (Wildman–Crippen LogP) is 0.599. The van der Waals surface area contributed by atoms with Crippen molar-refractivity contribution in [3.8, 4) is 11.1 Å². The van der Waals surface area contributed by atoms with Gasteiger partial charge >= 0.3 is 0 Å². The summed E-state index contributed by atoms with van der Waals surface area (Å²) < 4.78 is 23.7. The van der Waals surface area contributed by atoms with Crippen molar-refractivity contribution in [3.05, 3.63) is 83.9 Å². The highest BCUT2D eigenvalue weighted by Gasteiger charge is 2.20. The number of benzene rings is 3. The molecule has 4 rings (SSSR count). The van der Waals surface area contributed by atoms with Crippen LogP contribution in [0, 0.1) is 5.41 Å². The fraction of sp³-hybridized carbons (Fsp3) is 0.125. The van der Waals surface area contributed by atoms with Gasteiger partial charge in [-0.15, -0.1) is 10.6 Å². The van der Waals surface area contributed by atoms with Gasteiger partial charge in [0.15, 0.2) is 0 Å². The van der Waals surface area contributed by atoms with Gasteiger partial charge < -0.3 is 5.73 Å². The SMILES string of the molecule is CN1NN(c2cccc(C(=N)N)c2)N=C1CCNNNC(=O)c1ccc(-c2ccccc2S(N)(=O)=O)cc1. The van der Waals surface area contributed by atoms with Crippen LogP contribution in [0.25, 0.3) is 11.1 Å². The molecule has 1 heterocycles. The molecule has 0 spiro atoms. The number of nitrogens with one attached hydrogen (secondary N) is 5. The van der Waals surface area contributed by atoms with E-state index in [1.54, 1.807) is 70.8 Å². The highest BCUT2D eigenvalue weighted by Crippen LogP contribution is 2.26. The number of sulfonamides is 1. The molecule has 3 aromatic rings. The Morgan fingerprint density at radius 3 is 2.50 bits per heavy atom. The fourth-order valence-electron chi connectivity index (χ4n) is 3.71. The Labute approximate surface area is 219 Å². The molecule has 1 aliphatic rings. The quantitative estimate of drug-likeness (QED) is 0.0840. The van der Waals surface area contributed by atoms with Crippen LogP contribution in [0.15, 0.2) is 82.8 Å². The van der Waals surface area contributed by atoms with Gasteiger partial charge in [0.05, 0.1) is 10.6 Å². The van der Waals surface area contributed by atoms with E-state index in [1.807, 2.05) is 13.1 Å². The van der Waals surface area contributed by atoms with Crippen LogP contribution in [0.4, 0.5) is 5.69 Å². The molecule has 0 unspecified atom stereocenters. The summed E-state index contributed by atoms with van der Waals surface area (Å²) in [6.45, 7) is 0.454. The summed E-state index contributed by atoms with van der Waals surface area (Å²) in [4.78, 5) is 12.5. The van der Waals surface area contributed by atoms with E-state index in [9.17, 15) is 13.2 Å². The number of nitrogens with zero attached hydrogens (tertiary/aromatic N) is 3. The van der Waals surface area contributed by atoms with Crippen LogP contribution in [0.1, 0.15) is 22.3 Å². The van der Waals surface area contributed by atoms with Crippen LogP contribution in [-0.2, 0) is 10.0 Å². The summed E-state index contributed by atoms with van der Waals surface area (Å²) in [6.07, 6.45) is 0.535. The Morgan fingerprint density at radius 2 is 1.79 bits per heavy atom. The molecule has 0 radical (unpaired) electrons. The van der Waals surface area contributed by atoms with Gasteiger partial charge in [-0.2, -0.15) is 10.7 Å². The van der Waals surface area contributed by atoms with E-state index in [1.165, 1.54) is 6.07 Å². The van der Waals surface area contributed by atoms with Crippen molar-refractivity contribution in [2.75, 3.05) is 18.7 Å². The molecule has 1 amide bonds.